The van der Waals surface area contributed by atoms with Crippen LogP contribution in [-0.4, -0.2) is 19.2 Å². The maximum absolute atomic E-state index is 12.5. The van der Waals surface area contributed by atoms with Gasteiger partial charge in [-0.2, -0.15) is 18.4 Å². The van der Waals surface area contributed by atoms with Gasteiger partial charge in [0.2, 0.25) is 0 Å². The van der Waals surface area contributed by atoms with E-state index in [4.69, 9.17) is 0 Å². The molecule has 132 valence electrons. The SMILES string of the molecule is Cc1ccc(S(=O)(=O)N/N=C(\c2ccccc2)c2ccc(O)cc2)cc1. The third kappa shape index (κ3) is 4.10. The summed E-state index contributed by atoms with van der Waals surface area (Å²) in [6.07, 6.45) is 0. The average Bonchev–Trinajstić information content (AvgIpc) is 2.64. The molecule has 0 aliphatic carbocycles. The summed E-state index contributed by atoms with van der Waals surface area (Å²) in [5.74, 6) is 0.126. The number of hydrogen-bond acceptors (Lipinski definition) is 4. The van der Waals surface area contributed by atoms with Crippen molar-refractivity contribution in [2.24, 2.45) is 5.10 Å². The smallest absolute Gasteiger partial charge is 0.276 e. The number of nitrogens with zero attached hydrogens (tertiary/aromatic N) is 1. The summed E-state index contributed by atoms with van der Waals surface area (Å²) in [4.78, 5) is 2.45. The second-order valence-electron chi connectivity index (χ2n) is 5.78. The van der Waals surface area contributed by atoms with Crippen molar-refractivity contribution in [3.8, 4) is 5.75 Å². The number of hydrogen-bond donors (Lipinski definition) is 2. The molecule has 0 atom stereocenters. The molecule has 0 radical (unpaired) electrons. The Balaban J connectivity index is 1.99. The van der Waals surface area contributed by atoms with Crippen molar-refractivity contribution in [2.45, 2.75) is 11.8 Å². The van der Waals surface area contributed by atoms with Crippen molar-refractivity contribution in [1.82, 2.24) is 4.83 Å². The van der Waals surface area contributed by atoms with Crippen LogP contribution in [-0.2, 0) is 10.0 Å². The fourth-order valence-electron chi connectivity index (χ4n) is 2.39. The fraction of sp³-hybridized carbons (Fsp3) is 0.0500. The zero-order valence-electron chi connectivity index (χ0n) is 14.1. The highest BCUT2D eigenvalue weighted by Crippen LogP contribution is 2.16. The van der Waals surface area contributed by atoms with Crippen molar-refractivity contribution in [2.75, 3.05) is 0 Å². The molecule has 5 nitrogen and oxygen atoms in total. The van der Waals surface area contributed by atoms with Crippen LogP contribution in [0.5, 0.6) is 5.75 Å². The minimum Gasteiger partial charge on any atom is -0.508 e. The van der Waals surface area contributed by atoms with E-state index >= 15 is 0 Å². The molecule has 26 heavy (non-hydrogen) atoms. The zero-order chi connectivity index (χ0) is 18.6. The molecule has 0 saturated heterocycles. The van der Waals surface area contributed by atoms with Crippen molar-refractivity contribution < 1.29 is 13.5 Å². The molecule has 6 heteroatoms. The predicted molar refractivity (Wildman–Crippen MR) is 102 cm³/mol. The summed E-state index contributed by atoms with van der Waals surface area (Å²) in [6, 6.07) is 22.2. The van der Waals surface area contributed by atoms with Crippen LogP contribution in [0.4, 0.5) is 0 Å². The highest BCUT2D eigenvalue weighted by molar-refractivity contribution is 7.89. The molecule has 0 aliphatic heterocycles. The molecule has 3 aromatic carbocycles. The van der Waals surface area contributed by atoms with Crippen molar-refractivity contribution >= 4 is 15.7 Å². The molecule has 0 aromatic heterocycles. The molecule has 0 fully saturated rings. The molecular formula is C20H18N2O3S. The molecule has 0 saturated carbocycles. The first-order chi connectivity index (χ1) is 12.5. The van der Waals surface area contributed by atoms with Gasteiger partial charge in [-0.15, -0.1) is 0 Å². The second-order valence-corrected chi connectivity index (χ2v) is 7.44. The Morgan fingerprint density at radius 3 is 2.04 bits per heavy atom. The number of sulfonamides is 1. The van der Waals surface area contributed by atoms with E-state index in [0.717, 1.165) is 11.1 Å². The molecule has 2 N–H and O–H groups in total. The number of aryl methyl sites for hydroxylation is 1. The standard InChI is InChI=1S/C20H18N2O3S/c1-15-7-13-19(14-8-15)26(24,25)22-21-20(16-5-3-2-4-6-16)17-9-11-18(23)12-10-17/h2-14,22-23H,1H3/b21-20+. The molecule has 0 aliphatic rings. The third-order valence-corrected chi connectivity index (χ3v) is 5.02. The highest BCUT2D eigenvalue weighted by Gasteiger charge is 2.14. The molecule has 0 unspecified atom stereocenters. The van der Waals surface area contributed by atoms with Gasteiger partial charge in [-0.25, -0.2) is 0 Å². The Morgan fingerprint density at radius 2 is 1.42 bits per heavy atom. The third-order valence-electron chi connectivity index (χ3n) is 3.80. The Hall–Kier alpha value is -3.12. The van der Waals surface area contributed by atoms with Gasteiger partial charge in [0.05, 0.1) is 10.6 Å². The highest BCUT2D eigenvalue weighted by atomic mass is 32.2. The monoisotopic (exact) mass is 366 g/mol. The van der Waals surface area contributed by atoms with E-state index in [1.54, 1.807) is 24.3 Å². The van der Waals surface area contributed by atoms with Gasteiger partial charge in [0.25, 0.3) is 10.0 Å². The van der Waals surface area contributed by atoms with Crippen LogP contribution in [0.15, 0.2) is 88.9 Å². The Bertz CT molecular complexity index is 1010. The summed E-state index contributed by atoms with van der Waals surface area (Å²) in [6.45, 7) is 1.89. The first-order valence-corrected chi connectivity index (χ1v) is 9.45. The summed E-state index contributed by atoms with van der Waals surface area (Å²) < 4.78 is 25.0. The van der Waals surface area contributed by atoms with E-state index in [2.05, 4.69) is 9.93 Å². The normalized spacial score (nSPS) is 12.0. The molecule has 0 bridgehead atoms. The van der Waals surface area contributed by atoms with Gasteiger partial charge in [-0.3, -0.25) is 0 Å². The Morgan fingerprint density at radius 1 is 0.846 bits per heavy atom. The summed E-state index contributed by atoms with van der Waals surface area (Å²) >= 11 is 0. The van der Waals surface area contributed by atoms with E-state index in [9.17, 15) is 13.5 Å². The number of hydrazone groups is 1. The summed E-state index contributed by atoms with van der Waals surface area (Å²) in [5, 5.41) is 13.6. The second kappa shape index (κ2) is 7.41. The number of phenols is 1. The minimum absolute atomic E-state index is 0.126. The van der Waals surface area contributed by atoms with Crippen molar-refractivity contribution in [1.29, 1.82) is 0 Å². The van der Waals surface area contributed by atoms with Crippen LogP contribution in [0.25, 0.3) is 0 Å². The molecule has 0 heterocycles. The largest absolute Gasteiger partial charge is 0.508 e. The fourth-order valence-corrected chi connectivity index (χ4v) is 3.20. The van der Waals surface area contributed by atoms with Crippen molar-refractivity contribution in [3.63, 3.8) is 0 Å². The molecule has 3 rings (SSSR count). The lowest BCUT2D eigenvalue weighted by molar-refractivity contribution is 0.475. The van der Waals surface area contributed by atoms with Gasteiger partial charge in [-0.05, 0) is 43.3 Å². The molecule has 0 amide bonds. The van der Waals surface area contributed by atoms with E-state index in [1.807, 2.05) is 37.3 Å². The number of aromatic hydroxyl groups is 1. The lowest BCUT2D eigenvalue weighted by Crippen LogP contribution is -2.21. The lowest BCUT2D eigenvalue weighted by Gasteiger charge is -2.09. The Kier molecular flexibility index (Phi) is 5.04. The van der Waals surface area contributed by atoms with Gasteiger partial charge in [0, 0.05) is 11.1 Å². The van der Waals surface area contributed by atoms with Crippen LogP contribution >= 0.6 is 0 Å². The molecule has 0 spiro atoms. The molecule has 3 aromatic rings. The number of nitrogens with one attached hydrogen (secondary N) is 1. The molecular weight excluding hydrogens is 348 g/mol. The summed E-state index contributed by atoms with van der Waals surface area (Å²) in [5.41, 5.74) is 2.87. The summed E-state index contributed by atoms with van der Waals surface area (Å²) in [7, 11) is -3.78. The van der Waals surface area contributed by atoms with Crippen LogP contribution in [0.1, 0.15) is 16.7 Å². The maximum atomic E-state index is 12.5. The average molecular weight is 366 g/mol. The van der Waals surface area contributed by atoms with E-state index in [1.165, 1.54) is 24.3 Å². The topological polar surface area (TPSA) is 78.8 Å². The van der Waals surface area contributed by atoms with Gasteiger partial charge >= 0.3 is 0 Å². The first-order valence-electron chi connectivity index (χ1n) is 7.97. The lowest BCUT2D eigenvalue weighted by atomic mass is 10.0. The zero-order valence-corrected chi connectivity index (χ0v) is 14.9. The van der Waals surface area contributed by atoms with Crippen LogP contribution in [0, 0.1) is 6.92 Å². The quantitative estimate of drug-likeness (QED) is 0.536. The predicted octanol–water partition coefficient (Wildman–Crippen LogP) is 3.43. The van der Waals surface area contributed by atoms with Crippen LogP contribution in [0.2, 0.25) is 0 Å². The van der Waals surface area contributed by atoms with Gasteiger partial charge in [0.15, 0.2) is 0 Å². The number of rotatable bonds is 5. The Labute approximate surface area is 152 Å². The van der Waals surface area contributed by atoms with E-state index in [0.29, 0.717) is 11.3 Å². The van der Waals surface area contributed by atoms with Crippen molar-refractivity contribution in [3.05, 3.63) is 95.6 Å². The maximum Gasteiger partial charge on any atom is 0.276 e. The first kappa shape index (κ1) is 17.7. The van der Waals surface area contributed by atoms with Crippen LogP contribution in [0.3, 0.4) is 0 Å². The van der Waals surface area contributed by atoms with E-state index in [-0.39, 0.29) is 10.6 Å². The van der Waals surface area contributed by atoms with Gasteiger partial charge in [0.1, 0.15) is 5.75 Å². The number of benzene rings is 3. The van der Waals surface area contributed by atoms with E-state index < -0.39 is 10.0 Å². The van der Waals surface area contributed by atoms with Crippen LogP contribution < -0.4 is 4.83 Å². The number of phenolic OH excluding ortho intramolecular Hbond substituents is 1. The minimum atomic E-state index is -3.78. The van der Waals surface area contributed by atoms with Gasteiger partial charge < -0.3 is 5.11 Å². The van der Waals surface area contributed by atoms with Gasteiger partial charge in [-0.1, -0.05) is 48.0 Å².